The Bertz CT molecular complexity index is 1090. The number of rotatable bonds is 10. The van der Waals surface area contributed by atoms with E-state index in [0.29, 0.717) is 19.0 Å². The zero-order chi connectivity index (χ0) is 23.8. The van der Waals surface area contributed by atoms with Crippen LogP contribution in [0, 0.1) is 5.92 Å². The number of hydrogen-bond acceptors (Lipinski definition) is 4. The molecule has 3 aromatic rings. The molecule has 0 saturated carbocycles. The first-order valence-electron chi connectivity index (χ1n) is 11.2. The van der Waals surface area contributed by atoms with Gasteiger partial charge in [0.05, 0.1) is 11.7 Å². The summed E-state index contributed by atoms with van der Waals surface area (Å²) in [7, 11) is -3.57. The van der Waals surface area contributed by atoms with Gasteiger partial charge in [-0.1, -0.05) is 86.6 Å². The molecule has 6 heteroatoms. The SMILES string of the molecule is CCS(=O)(=O)Oc1ccc(CN(CC(C)C)C(=O)C(c2ccccc2)c2ccccc2)cc1. The fraction of sp³-hybridized carbons (Fsp3) is 0.296. The normalized spacial score (nSPS) is 11.5. The van der Waals surface area contributed by atoms with E-state index in [2.05, 4.69) is 13.8 Å². The molecule has 0 bridgehead atoms. The van der Waals surface area contributed by atoms with Crippen molar-refractivity contribution in [3.63, 3.8) is 0 Å². The van der Waals surface area contributed by atoms with Crippen LogP contribution in [0.25, 0.3) is 0 Å². The molecule has 0 aliphatic carbocycles. The van der Waals surface area contributed by atoms with Gasteiger partial charge in [-0.05, 0) is 41.7 Å². The summed E-state index contributed by atoms with van der Waals surface area (Å²) in [4.78, 5) is 15.8. The minimum absolute atomic E-state index is 0.0370. The number of benzene rings is 3. The summed E-state index contributed by atoms with van der Waals surface area (Å²) in [5.41, 5.74) is 2.82. The van der Waals surface area contributed by atoms with Crippen molar-refractivity contribution < 1.29 is 17.4 Å². The summed E-state index contributed by atoms with van der Waals surface area (Å²) in [5.74, 6) is 0.108. The smallest absolute Gasteiger partial charge is 0.308 e. The second-order valence-electron chi connectivity index (χ2n) is 8.44. The van der Waals surface area contributed by atoms with Gasteiger partial charge < -0.3 is 9.08 Å². The maximum Gasteiger partial charge on any atom is 0.308 e. The number of amides is 1. The van der Waals surface area contributed by atoms with E-state index < -0.39 is 16.0 Å². The Balaban J connectivity index is 1.88. The Kier molecular flexibility index (Phi) is 8.28. The van der Waals surface area contributed by atoms with Gasteiger partial charge in [0.15, 0.2) is 0 Å². The monoisotopic (exact) mass is 465 g/mol. The summed E-state index contributed by atoms with van der Waals surface area (Å²) in [6.45, 7) is 6.75. The van der Waals surface area contributed by atoms with Gasteiger partial charge in [-0.2, -0.15) is 8.42 Å². The highest BCUT2D eigenvalue weighted by Crippen LogP contribution is 2.28. The molecule has 0 N–H and O–H groups in total. The van der Waals surface area contributed by atoms with Crippen LogP contribution in [0.5, 0.6) is 5.75 Å². The summed E-state index contributed by atoms with van der Waals surface area (Å²) >= 11 is 0. The third kappa shape index (κ3) is 6.93. The highest BCUT2D eigenvalue weighted by molar-refractivity contribution is 7.87. The standard InChI is InChI=1S/C27H31NO4S/c1-4-33(30,31)32-25-17-15-22(16-18-25)20-28(19-21(2)3)27(29)26(23-11-7-5-8-12-23)24-13-9-6-10-14-24/h5-18,21,26H,4,19-20H2,1-3H3. The molecule has 0 spiro atoms. The minimum Gasteiger partial charge on any atom is -0.382 e. The molecule has 0 atom stereocenters. The minimum atomic E-state index is -3.57. The number of nitrogens with zero attached hydrogens (tertiary/aromatic N) is 1. The van der Waals surface area contributed by atoms with Crippen molar-refractivity contribution in [1.29, 1.82) is 0 Å². The first kappa shape index (κ1) is 24.5. The summed E-state index contributed by atoms with van der Waals surface area (Å²) in [6, 6.07) is 26.5. The average Bonchev–Trinajstić information content (AvgIpc) is 2.81. The molecule has 0 saturated heterocycles. The lowest BCUT2D eigenvalue weighted by Gasteiger charge is -2.29. The highest BCUT2D eigenvalue weighted by atomic mass is 32.2. The van der Waals surface area contributed by atoms with Crippen LogP contribution < -0.4 is 4.18 Å². The third-order valence-electron chi connectivity index (χ3n) is 5.28. The first-order valence-corrected chi connectivity index (χ1v) is 12.8. The predicted molar refractivity (Wildman–Crippen MR) is 132 cm³/mol. The van der Waals surface area contributed by atoms with Crippen LogP contribution >= 0.6 is 0 Å². The van der Waals surface area contributed by atoms with Gasteiger partial charge in [-0.3, -0.25) is 4.79 Å². The van der Waals surface area contributed by atoms with Gasteiger partial charge in [-0.25, -0.2) is 0 Å². The van der Waals surface area contributed by atoms with Crippen LogP contribution in [0.4, 0.5) is 0 Å². The Morgan fingerprint density at radius 3 is 1.82 bits per heavy atom. The van der Waals surface area contributed by atoms with E-state index in [0.717, 1.165) is 16.7 Å². The molecule has 174 valence electrons. The van der Waals surface area contributed by atoms with Crippen LogP contribution in [-0.2, 0) is 21.5 Å². The first-order chi connectivity index (χ1) is 15.8. The topological polar surface area (TPSA) is 63.7 Å². The van der Waals surface area contributed by atoms with Crippen molar-refractivity contribution in [3.05, 3.63) is 102 Å². The molecule has 3 aromatic carbocycles. The Labute approximate surface area is 197 Å². The van der Waals surface area contributed by atoms with Crippen molar-refractivity contribution in [2.45, 2.75) is 33.2 Å². The molecule has 0 aliphatic rings. The molecular weight excluding hydrogens is 434 g/mol. The molecule has 0 aliphatic heterocycles. The number of carbonyl (C=O) groups is 1. The molecule has 33 heavy (non-hydrogen) atoms. The zero-order valence-corrected chi connectivity index (χ0v) is 20.2. The van der Waals surface area contributed by atoms with Crippen molar-refractivity contribution in [1.82, 2.24) is 4.90 Å². The highest BCUT2D eigenvalue weighted by Gasteiger charge is 2.28. The molecule has 0 aromatic heterocycles. The van der Waals surface area contributed by atoms with Crippen LogP contribution in [0.2, 0.25) is 0 Å². The zero-order valence-electron chi connectivity index (χ0n) is 19.3. The van der Waals surface area contributed by atoms with E-state index in [-0.39, 0.29) is 17.4 Å². The Morgan fingerprint density at radius 2 is 1.36 bits per heavy atom. The van der Waals surface area contributed by atoms with E-state index in [4.69, 9.17) is 4.18 Å². The fourth-order valence-electron chi connectivity index (χ4n) is 3.70. The maximum atomic E-state index is 13.9. The van der Waals surface area contributed by atoms with Gasteiger partial charge in [0, 0.05) is 13.1 Å². The lowest BCUT2D eigenvalue weighted by Crippen LogP contribution is -2.37. The molecule has 0 heterocycles. The average molecular weight is 466 g/mol. The van der Waals surface area contributed by atoms with Crippen molar-refractivity contribution >= 4 is 16.0 Å². The van der Waals surface area contributed by atoms with Crippen molar-refractivity contribution in [2.75, 3.05) is 12.3 Å². The molecule has 1 amide bonds. The lowest BCUT2D eigenvalue weighted by atomic mass is 9.89. The largest absolute Gasteiger partial charge is 0.382 e. The van der Waals surface area contributed by atoms with Crippen molar-refractivity contribution in [3.8, 4) is 5.75 Å². The third-order valence-corrected chi connectivity index (χ3v) is 6.44. The number of hydrogen-bond donors (Lipinski definition) is 0. The van der Waals surface area contributed by atoms with Crippen LogP contribution in [0.1, 0.15) is 43.4 Å². The Hall–Kier alpha value is -3.12. The second-order valence-corrected chi connectivity index (χ2v) is 10.3. The summed E-state index contributed by atoms with van der Waals surface area (Å²) in [5, 5.41) is 0. The van der Waals surface area contributed by atoms with Crippen LogP contribution in [0.15, 0.2) is 84.9 Å². The summed E-state index contributed by atoms with van der Waals surface area (Å²) in [6.07, 6.45) is 0. The molecule has 3 rings (SSSR count). The summed E-state index contributed by atoms with van der Waals surface area (Å²) < 4.78 is 28.5. The van der Waals surface area contributed by atoms with E-state index >= 15 is 0 Å². The fourth-order valence-corrected chi connectivity index (χ4v) is 4.22. The van der Waals surface area contributed by atoms with E-state index in [1.54, 1.807) is 24.3 Å². The van der Waals surface area contributed by atoms with E-state index in [1.807, 2.05) is 65.6 Å². The van der Waals surface area contributed by atoms with E-state index in [1.165, 1.54) is 6.92 Å². The van der Waals surface area contributed by atoms with Gasteiger partial charge in [0.1, 0.15) is 5.75 Å². The molecule has 0 radical (unpaired) electrons. The molecular formula is C27H31NO4S. The van der Waals surface area contributed by atoms with Crippen LogP contribution in [-0.4, -0.2) is 31.5 Å². The molecule has 5 nitrogen and oxygen atoms in total. The quantitative estimate of drug-likeness (QED) is 0.385. The molecule has 0 unspecified atom stereocenters. The van der Waals surface area contributed by atoms with Gasteiger partial charge in [-0.15, -0.1) is 0 Å². The predicted octanol–water partition coefficient (Wildman–Crippen LogP) is 5.23. The second kappa shape index (κ2) is 11.1. The molecule has 0 fully saturated rings. The van der Waals surface area contributed by atoms with Crippen LogP contribution in [0.3, 0.4) is 0 Å². The number of carbonyl (C=O) groups excluding carboxylic acids is 1. The lowest BCUT2D eigenvalue weighted by molar-refractivity contribution is -0.133. The van der Waals surface area contributed by atoms with E-state index in [9.17, 15) is 13.2 Å². The van der Waals surface area contributed by atoms with Gasteiger partial charge >= 0.3 is 10.1 Å². The Morgan fingerprint density at radius 1 is 0.848 bits per heavy atom. The van der Waals surface area contributed by atoms with Gasteiger partial charge in [0.2, 0.25) is 5.91 Å². The van der Waals surface area contributed by atoms with Gasteiger partial charge in [0.25, 0.3) is 0 Å². The van der Waals surface area contributed by atoms with Crippen molar-refractivity contribution in [2.24, 2.45) is 5.92 Å². The maximum absolute atomic E-state index is 13.9.